The van der Waals surface area contributed by atoms with Crippen molar-refractivity contribution >= 4 is 11.6 Å². The van der Waals surface area contributed by atoms with Gasteiger partial charge < -0.3 is 9.80 Å². The van der Waals surface area contributed by atoms with Crippen molar-refractivity contribution in [3.8, 4) is 6.07 Å². The van der Waals surface area contributed by atoms with Gasteiger partial charge in [-0.25, -0.2) is 4.98 Å². The fraction of sp³-hybridized carbons (Fsp3) is 0.250. The third-order valence-corrected chi connectivity index (χ3v) is 3.70. The van der Waals surface area contributed by atoms with Crippen molar-refractivity contribution in [3.05, 3.63) is 54.1 Å². The number of piperazine rings is 1. The maximum Gasteiger partial charge on any atom is 0.255 e. The van der Waals surface area contributed by atoms with Gasteiger partial charge in [-0.15, -0.1) is 0 Å². The highest BCUT2D eigenvalue weighted by molar-refractivity contribution is 5.94. The van der Waals surface area contributed by atoms with Gasteiger partial charge in [0.15, 0.2) is 0 Å². The highest BCUT2D eigenvalue weighted by atomic mass is 16.2. The lowest BCUT2D eigenvalue weighted by atomic mass is 10.2. The Bertz CT molecular complexity index is 685. The van der Waals surface area contributed by atoms with E-state index in [4.69, 9.17) is 5.26 Å². The van der Waals surface area contributed by atoms with Gasteiger partial charge in [-0.1, -0.05) is 0 Å². The number of nitriles is 1. The molecule has 0 saturated carbocycles. The Labute approximate surface area is 128 Å². The van der Waals surface area contributed by atoms with Gasteiger partial charge in [-0.2, -0.15) is 5.26 Å². The van der Waals surface area contributed by atoms with Gasteiger partial charge in [0.2, 0.25) is 0 Å². The van der Waals surface area contributed by atoms with Crippen LogP contribution in [0.4, 0.5) is 5.69 Å². The van der Waals surface area contributed by atoms with Crippen molar-refractivity contribution < 1.29 is 4.79 Å². The SMILES string of the molecule is N#Cc1ccc(C(=O)N2CCN(c3cccnc3)CC2)cn1. The summed E-state index contributed by atoms with van der Waals surface area (Å²) in [7, 11) is 0. The molecule has 110 valence electrons. The molecule has 0 bridgehead atoms. The first kappa shape index (κ1) is 14.0. The second kappa shape index (κ2) is 6.22. The van der Waals surface area contributed by atoms with Gasteiger partial charge >= 0.3 is 0 Å². The molecule has 0 radical (unpaired) electrons. The zero-order chi connectivity index (χ0) is 15.4. The van der Waals surface area contributed by atoms with E-state index in [9.17, 15) is 4.79 Å². The Morgan fingerprint density at radius 1 is 1.14 bits per heavy atom. The molecule has 22 heavy (non-hydrogen) atoms. The number of nitrogens with zero attached hydrogens (tertiary/aromatic N) is 5. The molecular weight excluding hydrogens is 278 g/mol. The van der Waals surface area contributed by atoms with Crippen molar-refractivity contribution in [2.75, 3.05) is 31.1 Å². The standard InChI is InChI=1S/C16H15N5O/c17-10-14-4-3-13(11-19-14)16(22)21-8-6-20(7-9-21)15-2-1-5-18-12-15/h1-5,11-12H,6-9H2. The summed E-state index contributed by atoms with van der Waals surface area (Å²) in [6, 6.07) is 9.11. The van der Waals surface area contributed by atoms with E-state index < -0.39 is 0 Å². The molecular formula is C16H15N5O. The van der Waals surface area contributed by atoms with Gasteiger partial charge in [0.05, 0.1) is 17.4 Å². The number of rotatable bonds is 2. The Morgan fingerprint density at radius 2 is 1.95 bits per heavy atom. The molecule has 6 nitrogen and oxygen atoms in total. The van der Waals surface area contributed by atoms with Crippen molar-refractivity contribution in [3.63, 3.8) is 0 Å². The molecule has 1 fully saturated rings. The average molecular weight is 293 g/mol. The summed E-state index contributed by atoms with van der Waals surface area (Å²) < 4.78 is 0. The van der Waals surface area contributed by atoms with Crippen LogP contribution in [0.5, 0.6) is 0 Å². The van der Waals surface area contributed by atoms with Crippen LogP contribution in [0.2, 0.25) is 0 Å². The van der Waals surface area contributed by atoms with E-state index in [1.807, 2.05) is 29.3 Å². The van der Waals surface area contributed by atoms with E-state index in [1.165, 1.54) is 6.20 Å². The summed E-state index contributed by atoms with van der Waals surface area (Å²) in [5, 5.41) is 8.73. The van der Waals surface area contributed by atoms with E-state index in [0.717, 1.165) is 18.8 Å². The van der Waals surface area contributed by atoms with Crippen LogP contribution in [-0.4, -0.2) is 47.0 Å². The van der Waals surface area contributed by atoms with Crippen LogP contribution in [0.1, 0.15) is 16.1 Å². The number of carbonyl (C=O) groups is 1. The van der Waals surface area contributed by atoms with Crippen LogP contribution >= 0.6 is 0 Å². The second-order valence-electron chi connectivity index (χ2n) is 5.03. The Kier molecular flexibility index (Phi) is 3.97. The lowest BCUT2D eigenvalue weighted by molar-refractivity contribution is 0.0746. The fourth-order valence-corrected chi connectivity index (χ4v) is 2.48. The minimum absolute atomic E-state index is 0.0390. The molecule has 0 spiro atoms. The van der Waals surface area contributed by atoms with Gasteiger partial charge in [-0.05, 0) is 24.3 Å². The molecule has 1 saturated heterocycles. The Hall–Kier alpha value is -2.94. The molecule has 0 atom stereocenters. The molecule has 1 aliphatic rings. The van der Waals surface area contributed by atoms with E-state index in [2.05, 4.69) is 14.9 Å². The Morgan fingerprint density at radius 3 is 2.55 bits per heavy atom. The molecule has 6 heteroatoms. The molecule has 1 aliphatic heterocycles. The van der Waals surface area contributed by atoms with Gasteiger partial charge in [0.25, 0.3) is 5.91 Å². The van der Waals surface area contributed by atoms with Crippen molar-refractivity contribution in [2.24, 2.45) is 0 Å². The molecule has 1 amide bonds. The number of amides is 1. The van der Waals surface area contributed by atoms with E-state index in [0.29, 0.717) is 24.3 Å². The van der Waals surface area contributed by atoms with E-state index in [1.54, 1.807) is 18.3 Å². The minimum atomic E-state index is -0.0390. The fourth-order valence-electron chi connectivity index (χ4n) is 2.48. The van der Waals surface area contributed by atoms with Crippen molar-refractivity contribution in [1.29, 1.82) is 5.26 Å². The number of pyridine rings is 2. The quantitative estimate of drug-likeness (QED) is 0.834. The van der Waals surface area contributed by atoms with Crippen LogP contribution in [0.3, 0.4) is 0 Å². The molecule has 0 aliphatic carbocycles. The predicted molar refractivity (Wildman–Crippen MR) is 81.3 cm³/mol. The third-order valence-electron chi connectivity index (χ3n) is 3.70. The molecule has 0 unspecified atom stereocenters. The summed E-state index contributed by atoms with van der Waals surface area (Å²) in [6.07, 6.45) is 5.05. The van der Waals surface area contributed by atoms with Crippen molar-refractivity contribution in [1.82, 2.24) is 14.9 Å². The average Bonchev–Trinajstić information content (AvgIpc) is 2.62. The highest BCUT2D eigenvalue weighted by Crippen LogP contribution is 2.15. The maximum absolute atomic E-state index is 12.4. The van der Waals surface area contributed by atoms with Crippen LogP contribution in [0.15, 0.2) is 42.9 Å². The monoisotopic (exact) mass is 293 g/mol. The van der Waals surface area contributed by atoms with Crippen LogP contribution < -0.4 is 4.90 Å². The summed E-state index contributed by atoms with van der Waals surface area (Å²) in [5.41, 5.74) is 1.92. The summed E-state index contributed by atoms with van der Waals surface area (Å²) >= 11 is 0. The van der Waals surface area contributed by atoms with Gasteiger partial charge in [0.1, 0.15) is 11.8 Å². The number of aromatic nitrogens is 2. The smallest absolute Gasteiger partial charge is 0.255 e. The molecule has 0 N–H and O–H groups in total. The lowest BCUT2D eigenvalue weighted by Gasteiger charge is -2.35. The van der Waals surface area contributed by atoms with Crippen LogP contribution in [0, 0.1) is 11.3 Å². The molecule has 3 rings (SSSR count). The number of anilines is 1. The molecule has 2 aromatic rings. The van der Waals surface area contributed by atoms with Gasteiger partial charge in [-0.3, -0.25) is 9.78 Å². The van der Waals surface area contributed by atoms with Crippen LogP contribution in [0.25, 0.3) is 0 Å². The highest BCUT2D eigenvalue weighted by Gasteiger charge is 2.22. The zero-order valence-electron chi connectivity index (χ0n) is 12.0. The lowest BCUT2D eigenvalue weighted by Crippen LogP contribution is -2.48. The number of carbonyl (C=O) groups excluding carboxylic acids is 1. The first-order valence-electron chi connectivity index (χ1n) is 7.08. The number of hydrogen-bond acceptors (Lipinski definition) is 5. The summed E-state index contributed by atoms with van der Waals surface area (Å²) in [5.74, 6) is -0.0390. The van der Waals surface area contributed by atoms with E-state index >= 15 is 0 Å². The predicted octanol–water partition coefficient (Wildman–Crippen LogP) is 1.31. The molecule has 2 aromatic heterocycles. The summed E-state index contributed by atoms with van der Waals surface area (Å²) in [4.78, 5) is 24.5. The largest absolute Gasteiger partial charge is 0.367 e. The molecule has 3 heterocycles. The molecule has 0 aromatic carbocycles. The first-order valence-corrected chi connectivity index (χ1v) is 7.08. The topological polar surface area (TPSA) is 73.1 Å². The third kappa shape index (κ3) is 2.88. The van der Waals surface area contributed by atoms with Crippen LogP contribution in [-0.2, 0) is 0 Å². The van der Waals surface area contributed by atoms with Gasteiger partial charge in [0, 0.05) is 38.6 Å². The normalized spacial score (nSPS) is 14.5. The number of hydrogen-bond donors (Lipinski definition) is 0. The second-order valence-corrected chi connectivity index (χ2v) is 5.03. The zero-order valence-corrected chi connectivity index (χ0v) is 12.0. The van der Waals surface area contributed by atoms with E-state index in [-0.39, 0.29) is 5.91 Å². The first-order chi connectivity index (χ1) is 10.8. The summed E-state index contributed by atoms with van der Waals surface area (Å²) in [6.45, 7) is 2.88. The maximum atomic E-state index is 12.4. The Balaban J connectivity index is 1.63. The van der Waals surface area contributed by atoms with Crippen molar-refractivity contribution in [2.45, 2.75) is 0 Å². The minimum Gasteiger partial charge on any atom is -0.367 e.